The van der Waals surface area contributed by atoms with Gasteiger partial charge in [0, 0.05) is 12.4 Å². The van der Waals surface area contributed by atoms with Crippen molar-refractivity contribution in [2.24, 2.45) is 11.8 Å². The van der Waals surface area contributed by atoms with E-state index in [1.165, 1.54) is 0 Å². The molecular weight excluding hydrogens is 608 g/mol. The SMILES string of the molecule is CCOC(=O)[C@@H]1CCN[C@@H]1c1ncccc1S(=O)(=O)C(C)C.CCOC(=O)[C@H]1CCN[C@H]1c1ncccc1S(=O)(=O)C(C)C. The summed E-state index contributed by atoms with van der Waals surface area (Å²) in [6.45, 7) is 11.9. The molecule has 0 unspecified atom stereocenters. The van der Waals surface area contributed by atoms with Crippen LogP contribution in [0.5, 0.6) is 0 Å². The van der Waals surface area contributed by atoms with Gasteiger partial charge in [-0.15, -0.1) is 0 Å². The summed E-state index contributed by atoms with van der Waals surface area (Å²) < 4.78 is 60.3. The molecule has 0 amide bonds. The Bertz CT molecular complexity index is 1400. The topological polar surface area (TPSA) is 171 Å². The minimum Gasteiger partial charge on any atom is -0.466 e. The van der Waals surface area contributed by atoms with Crippen LogP contribution in [0.1, 0.15) is 77.9 Å². The summed E-state index contributed by atoms with van der Waals surface area (Å²) in [6, 6.07) is 5.47. The zero-order valence-corrected chi connectivity index (χ0v) is 27.8. The highest BCUT2D eigenvalue weighted by molar-refractivity contribution is 7.92. The van der Waals surface area contributed by atoms with E-state index in [1.807, 2.05) is 0 Å². The minimum absolute atomic E-state index is 0.193. The number of carbonyl (C=O) groups excluding carboxylic acids is 2. The van der Waals surface area contributed by atoms with Crippen LogP contribution in [0, 0.1) is 11.8 Å². The van der Waals surface area contributed by atoms with Gasteiger partial charge in [-0.3, -0.25) is 19.6 Å². The normalized spacial score (nSPS) is 22.0. The van der Waals surface area contributed by atoms with Crippen LogP contribution in [0.2, 0.25) is 0 Å². The lowest BCUT2D eigenvalue weighted by Crippen LogP contribution is -2.28. The van der Waals surface area contributed by atoms with Gasteiger partial charge in [-0.25, -0.2) is 16.8 Å². The Balaban J connectivity index is 0.000000240. The zero-order chi connectivity index (χ0) is 32.7. The van der Waals surface area contributed by atoms with Gasteiger partial charge in [0.25, 0.3) is 0 Å². The minimum atomic E-state index is -3.46. The first kappa shape index (κ1) is 35.5. The first-order valence-electron chi connectivity index (χ1n) is 15.0. The number of esters is 2. The average Bonchev–Trinajstić information content (AvgIpc) is 3.68. The van der Waals surface area contributed by atoms with Gasteiger partial charge in [-0.05, 0) is 91.7 Å². The molecule has 12 nitrogen and oxygen atoms in total. The fourth-order valence-corrected chi connectivity index (χ4v) is 7.74. The highest BCUT2D eigenvalue weighted by Gasteiger charge is 2.40. The molecule has 2 aromatic heterocycles. The third kappa shape index (κ3) is 7.82. The van der Waals surface area contributed by atoms with E-state index in [0.29, 0.717) is 50.5 Å². The third-order valence-corrected chi connectivity index (χ3v) is 12.1. The van der Waals surface area contributed by atoms with Crippen molar-refractivity contribution in [1.29, 1.82) is 0 Å². The molecule has 0 bridgehead atoms. The second-order valence-corrected chi connectivity index (χ2v) is 16.1. The number of hydrogen-bond donors (Lipinski definition) is 2. The Hall–Kier alpha value is -2.94. The summed E-state index contributed by atoms with van der Waals surface area (Å²) in [5.41, 5.74) is 0.818. The number of nitrogens with zero attached hydrogens (tertiary/aromatic N) is 2. The van der Waals surface area contributed by atoms with Crippen molar-refractivity contribution in [1.82, 2.24) is 20.6 Å². The molecule has 244 valence electrons. The van der Waals surface area contributed by atoms with E-state index >= 15 is 0 Å². The predicted molar refractivity (Wildman–Crippen MR) is 164 cm³/mol. The van der Waals surface area contributed by atoms with Crippen molar-refractivity contribution >= 4 is 31.6 Å². The number of nitrogens with one attached hydrogen (secondary N) is 2. The van der Waals surface area contributed by atoms with Gasteiger partial charge in [-0.1, -0.05) is 0 Å². The number of rotatable bonds is 10. The number of pyridine rings is 2. The molecule has 2 fully saturated rings. The number of hydrogen-bond acceptors (Lipinski definition) is 12. The molecule has 4 heterocycles. The lowest BCUT2D eigenvalue weighted by atomic mass is 9.98. The summed E-state index contributed by atoms with van der Waals surface area (Å²) >= 11 is 0. The molecule has 0 aromatic carbocycles. The summed E-state index contributed by atoms with van der Waals surface area (Å²) in [4.78, 5) is 33.1. The van der Waals surface area contributed by atoms with Crippen LogP contribution >= 0.6 is 0 Å². The van der Waals surface area contributed by atoms with E-state index in [-0.39, 0.29) is 21.7 Å². The van der Waals surface area contributed by atoms with Crippen molar-refractivity contribution in [3.63, 3.8) is 0 Å². The molecule has 14 heteroatoms. The second kappa shape index (κ2) is 15.4. The standard InChI is InChI=1S/2C15H22N2O4S/c2*1-4-21-15(18)11-7-9-17-13(11)14-12(6-5-8-16-14)22(19,20)10(2)3/h2*5-6,8,10-11,13,17H,4,7,9H2,1-3H3/t2*11-,13+/m10/s1. The quantitative estimate of drug-likeness (QED) is 0.360. The van der Waals surface area contributed by atoms with Crippen LogP contribution in [-0.4, -0.2) is 75.5 Å². The van der Waals surface area contributed by atoms with Crippen LogP contribution in [0.3, 0.4) is 0 Å². The van der Waals surface area contributed by atoms with Gasteiger partial charge in [0.2, 0.25) is 0 Å². The van der Waals surface area contributed by atoms with Gasteiger partial charge in [0.1, 0.15) is 0 Å². The summed E-state index contributed by atoms with van der Waals surface area (Å²) in [5, 5.41) is 5.28. The van der Waals surface area contributed by atoms with Crippen LogP contribution < -0.4 is 10.6 Å². The Labute approximate surface area is 260 Å². The van der Waals surface area contributed by atoms with E-state index in [4.69, 9.17) is 9.47 Å². The van der Waals surface area contributed by atoms with Crippen LogP contribution in [-0.2, 0) is 38.7 Å². The lowest BCUT2D eigenvalue weighted by Gasteiger charge is -2.21. The van der Waals surface area contributed by atoms with Crippen LogP contribution in [0.25, 0.3) is 0 Å². The molecular formula is C30H44N4O8S2. The number of ether oxygens (including phenoxy) is 2. The number of carbonyl (C=O) groups is 2. The van der Waals surface area contributed by atoms with E-state index in [2.05, 4.69) is 20.6 Å². The van der Waals surface area contributed by atoms with Gasteiger partial charge in [-0.2, -0.15) is 0 Å². The van der Waals surface area contributed by atoms with Crippen LogP contribution in [0.15, 0.2) is 46.5 Å². The predicted octanol–water partition coefficient (Wildman–Crippen LogP) is 2.95. The Morgan fingerprint density at radius 2 is 1.11 bits per heavy atom. The third-order valence-electron chi connectivity index (χ3n) is 7.67. The first-order valence-corrected chi connectivity index (χ1v) is 18.1. The monoisotopic (exact) mass is 652 g/mol. The van der Waals surface area contributed by atoms with E-state index in [1.54, 1.807) is 78.2 Å². The van der Waals surface area contributed by atoms with Crippen molar-refractivity contribution < 1.29 is 35.9 Å². The maximum absolute atomic E-state index is 12.5. The van der Waals surface area contributed by atoms with E-state index < -0.39 is 54.1 Å². The molecule has 44 heavy (non-hydrogen) atoms. The molecule has 0 radical (unpaired) electrons. The van der Waals surface area contributed by atoms with Gasteiger partial charge < -0.3 is 20.1 Å². The molecule has 4 rings (SSSR count). The lowest BCUT2D eigenvalue weighted by molar-refractivity contribution is -0.149. The zero-order valence-electron chi connectivity index (χ0n) is 26.1. The maximum atomic E-state index is 12.5. The molecule has 2 aliphatic rings. The molecule has 0 aliphatic carbocycles. The van der Waals surface area contributed by atoms with Crippen molar-refractivity contribution in [3.8, 4) is 0 Å². The smallest absolute Gasteiger partial charge is 0.310 e. The molecule has 0 spiro atoms. The number of sulfone groups is 2. The molecule has 2 N–H and O–H groups in total. The van der Waals surface area contributed by atoms with Gasteiger partial charge in [0.15, 0.2) is 19.7 Å². The summed E-state index contributed by atoms with van der Waals surface area (Å²) in [6.07, 6.45) is 4.33. The van der Waals surface area contributed by atoms with Crippen LogP contribution in [0.4, 0.5) is 0 Å². The first-order chi connectivity index (χ1) is 20.8. The molecule has 2 aliphatic heterocycles. The fourth-order valence-electron chi connectivity index (χ4n) is 5.25. The molecule has 0 saturated carbocycles. The second-order valence-electron chi connectivity index (χ2n) is 11.1. The Morgan fingerprint density at radius 3 is 1.43 bits per heavy atom. The largest absolute Gasteiger partial charge is 0.466 e. The molecule has 4 atom stereocenters. The van der Waals surface area contributed by atoms with Gasteiger partial charge >= 0.3 is 11.9 Å². The van der Waals surface area contributed by atoms with E-state index in [0.717, 1.165) is 0 Å². The maximum Gasteiger partial charge on any atom is 0.310 e. The highest BCUT2D eigenvalue weighted by atomic mass is 32.2. The summed E-state index contributed by atoms with van der Waals surface area (Å²) in [7, 11) is -6.92. The van der Waals surface area contributed by atoms with Crippen molar-refractivity contribution in [2.75, 3.05) is 26.3 Å². The van der Waals surface area contributed by atoms with Gasteiger partial charge in [0.05, 0.1) is 68.8 Å². The fraction of sp³-hybridized carbons (Fsp3) is 0.600. The average molecular weight is 653 g/mol. The summed E-state index contributed by atoms with van der Waals surface area (Å²) in [5.74, 6) is -1.43. The number of aromatic nitrogens is 2. The Morgan fingerprint density at radius 1 is 0.750 bits per heavy atom. The molecule has 2 aromatic rings. The molecule has 2 saturated heterocycles. The highest BCUT2D eigenvalue weighted by Crippen LogP contribution is 2.35. The van der Waals surface area contributed by atoms with Crippen molar-refractivity contribution in [2.45, 2.75) is 86.8 Å². The van der Waals surface area contributed by atoms with Crippen molar-refractivity contribution in [3.05, 3.63) is 48.0 Å². The Kier molecular flexibility index (Phi) is 12.4. The van der Waals surface area contributed by atoms with E-state index in [9.17, 15) is 26.4 Å².